The number of hydrogen-bond acceptors (Lipinski definition) is 3. The lowest BCUT2D eigenvalue weighted by Gasteiger charge is -2.30. The van der Waals surface area contributed by atoms with Gasteiger partial charge in [-0.05, 0) is 38.5 Å². The van der Waals surface area contributed by atoms with Gasteiger partial charge in [-0.15, -0.1) is 0 Å². The molecule has 0 bridgehead atoms. The lowest BCUT2D eigenvalue weighted by Crippen LogP contribution is -2.45. The van der Waals surface area contributed by atoms with Gasteiger partial charge in [0, 0.05) is 13.2 Å². The molecule has 0 aromatic rings. The Bertz CT molecular complexity index is 352. The van der Waals surface area contributed by atoms with Crippen LogP contribution in [0.1, 0.15) is 58.3 Å². The summed E-state index contributed by atoms with van der Waals surface area (Å²) >= 11 is 0. The van der Waals surface area contributed by atoms with Crippen LogP contribution in [0, 0.1) is 0 Å². The van der Waals surface area contributed by atoms with Gasteiger partial charge in [-0.2, -0.15) is 0 Å². The van der Waals surface area contributed by atoms with E-state index in [9.17, 15) is 4.79 Å². The molecule has 3 aliphatic rings. The molecule has 4 heteroatoms. The Morgan fingerprint density at radius 1 is 1.37 bits per heavy atom. The van der Waals surface area contributed by atoms with Crippen LogP contribution in [0.5, 0.6) is 0 Å². The number of rotatable bonds is 3. The zero-order valence-electron chi connectivity index (χ0n) is 12.2. The first-order valence-electron chi connectivity index (χ1n) is 7.83. The highest BCUT2D eigenvalue weighted by Gasteiger charge is 2.54. The van der Waals surface area contributed by atoms with Crippen molar-refractivity contribution in [2.24, 2.45) is 0 Å². The maximum Gasteiger partial charge on any atom is 0.244 e. The van der Waals surface area contributed by atoms with Gasteiger partial charge in [0.1, 0.15) is 0 Å². The second kappa shape index (κ2) is 5.06. The highest BCUT2D eigenvalue weighted by molar-refractivity contribution is 5.89. The van der Waals surface area contributed by atoms with Gasteiger partial charge in [0.05, 0.1) is 17.8 Å². The van der Waals surface area contributed by atoms with Crippen LogP contribution in [0.15, 0.2) is 0 Å². The second-order valence-electron chi connectivity index (χ2n) is 6.39. The van der Waals surface area contributed by atoms with E-state index in [0.29, 0.717) is 18.1 Å². The van der Waals surface area contributed by atoms with Crippen LogP contribution in [-0.2, 0) is 9.53 Å². The lowest BCUT2D eigenvalue weighted by atomic mass is 9.97. The summed E-state index contributed by atoms with van der Waals surface area (Å²) in [5, 5.41) is 3.66. The molecule has 3 rings (SSSR count). The van der Waals surface area contributed by atoms with Crippen LogP contribution in [0.2, 0.25) is 0 Å². The summed E-state index contributed by atoms with van der Waals surface area (Å²) in [5.41, 5.74) is -0.216. The topological polar surface area (TPSA) is 41.6 Å². The van der Waals surface area contributed by atoms with Gasteiger partial charge in [0.25, 0.3) is 0 Å². The predicted molar refractivity (Wildman–Crippen MR) is 73.7 cm³/mol. The molecule has 19 heavy (non-hydrogen) atoms. The number of nitrogens with zero attached hydrogens (tertiary/aromatic N) is 1. The maximum absolute atomic E-state index is 12.9. The largest absolute Gasteiger partial charge is 0.381 e. The third-order valence-electron chi connectivity index (χ3n) is 5.35. The van der Waals surface area contributed by atoms with Gasteiger partial charge in [0.2, 0.25) is 5.91 Å². The number of methoxy groups -OCH3 is 1. The van der Waals surface area contributed by atoms with Crippen molar-refractivity contribution in [1.82, 2.24) is 10.2 Å². The molecule has 1 spiro atoms. The predicted octanol–water partition coefficient (Wildman–Crippen LogP) is 2.03. The van der Waals surface area contributed by atoms with Gasteiger partial charge in [-0.25, -0.2) is 0 Å². The molecule has 3 unspecified atom stereocenters. The van der Waals surface area contributed by atoms with Gasteiger partial charge >= 0.3 is 0 Å². The van der Waals surface area contributed by atoms with Crippen LogP contribution >= 0.6 is 0 Å². The van der Waals surface area contributed by atoms with E-state index in [1.165, 1.54) is 12.8 Å². The standard InChI is InChI=1S/C15H26N2O2/c1-3-13-16-15(8-4-5-9-15)14(18)17(13)11-6-7-12(10-11)19-2/h11-13,16H,3-10H2,1-2H3. The summed E-state index contributed by atoms with van der Waals surface area (Å²) in [6, 6.07) is 0.384. The third kappa shape index (κ3) is 2.09. The zero-order chi connectivity index (χ0) is 13.5. The molecule has 1 N–H and O–H groups in total. The van der Waals surface area contributed by atoms with Crippen molar-refractivity contribution in [1.29, 1.82) is 0 Å². The molecule has 2 aliphatic carbocycles. The number of amides is 1. The van der Waals surface area contributed by atoms with E-state index in [4.69, 9.17) is 4.74 Å². The van der Waals surface area contributed by atoms with Crippen LogP contribution < -0.4 is 5.32 Å². The first kappa shape index (κ1) is 13.4. The van der Waals surface area contributed by atoms with E-state index in [1.54, 1.807) is 7.11 Å². The van der Waals surface area contributed by atoms with Gasteiger partial charge in [-0.1, -0.05) is 19.8 Å². The normalized spacial score (nSPS) is 37.7. The maximum atomic E-state index is 12.9. The number of hydrogen-bond donors (Lipinski definition) is 1. The number of carbonyl (C=O) groups excluding carboxylic acids is 1. The Labute approximate surface area is 115 Å². The molecule has 0 aromatic heterocycles. The molecule has 3 fully saturated rings. The molecule has 1 aliphatic heterocycles. The van der Waals surface area contributed by atoms with E-state index in [0.717, 1.165) is 38.5 Å². The van der Waals surface area contributed by atoms with Crippen molar-refractivity contribution in [3.63, 3.8) is 0 Å². The number of nitrogens with one attached hydrogen (secondary N) is 1. The van der Waals surface area contributed by atoms with E-state index < -0.39 is 0 Å². The SMILES string of the molecule is CCC1NC2(CCCC2)C(=O)N1C1CCC(OC)C1. The Hall–Kier alpha value is -0.610. The summed E-state index contributed by atoms with van der Waals surface area (Å²) in [7, 11) is 1.78. The molecule has 1 heterocycles. The highest BCUT2D eigenvalue weighted by Crippen LogP contribution is 2.40. The summed E-state index contributed by atoms with van der Waals surface area (Å²) in [6.45, 7) is 2.18. The van der Waals surface area contributed by atoms with Crippen LogP contribution in [0.4, 0.5) is 0 Å². The van der Waals surface area contributed by atoms with E-state index in [-0.39, 0.29) is 11.7 Å². The molecule has 1 amide bonds. The Morgan fingerprint density at radius 2 is 2.11 bits per heavy atom. The molecular formula is C15H26N2O2. The summed E-state index contributed by atoms with van der Waals surface area (Å²) < 4.78 is 5.46. The Morgan fingerprint density at radius 3 is 2.68 bits per heavy atom. The number of carbonyl (C=O) groups is 1. The van der Waals surface area contributed by atoms with Crippen LogP contribution in [0.3, 0.4) is 0 Å². The number of ether oxygens (including phenoxy) is 1. The van der Waals surface area contributed by atoms with Crippen molar-refractivity contribution in [2.45, 2.75) is 82.1 Å². The molecule has 4 nitrogen and oxygen atoms in total. The molecule has 0 aromatic carbocycles. The van der Waals surface area contributed by atoms with Gasteiger partial charge < -0.3 is 9.64 Å². The van der Waals surface area contributed by atoms with E-state index in [1.807, 2.05) is 0 Å². The fraction of sp³-hybridized carbons (Fsp3) is 0.933. The minimum absolute atomic E-state index is 0.216. The highest BCUT2D eigenvalue weighted by atomic mass is 16.5. The summed E-state index contributed by atoms with van der Waals surface area (Å²) in [6.07, 6.45) is 9.22. The summed E-state index contributed by atoms with van der Waals surface area (Å²) in [4.78, 5) is 15.1. The monoisotopic (exact) mass is 266 g/mol. The van der Waals surface area contributed by atoms with Crippen molar-refractivity contribution in [3.8, 4) is 0 Å². The second-order valence-corrected chi connectivity index (χ2v) is 6.39. The summed E-state index contributed by atoms with van der Waals surface area (Å²) in [5.74, 6) is 0.374. The molecular weight excluding hydrogens is 240 g/mol. The van der Waals surface area contributed by atoms with Crippen molar-refractivity contribution in [2.75, 3.05) is 7.11 Å². The molecule has 0 radical (unpaired) electrons. The molecule has 1 saturated heterocycles. The van der Waals surface area contributed by atoms with Crippen LogP contribution in [0.25, 0.3) is 0 Å². The third-order valence-corrected chi connectivity index (χ3v) is 5.35. The van der Waals surface area contributed by atoms with Gasteiger partial charge in [-0.3, -0.25) is 10.1 Å². The fourth-order valence-corrected chi connectivity index (χ4v) is 4.28. The smallest absolute Gasteiger partial charge is 0.244 e. The van der Waals surface area contributed by atoms with E-state index >= 15 is 0 Å². The molecule has 108 valence electrons. The average Bonchev–Trinajstić information content (AvgIpc) is 3.12. The van der Waals surface area contributed by atoms with Crippen molar-refractivity contribution >= 4 is 5.91 Å². The Kier molecular flexibility index (Phi) is 3.56. The van der Waals surface area contributed by atoms with E-state index in [2.05, 4.69) is 17.1 Å². The lowest BCUT2D eigenvalue weighted by molar-refractivity contribution is -0.135. The quantitative estimate of drug-likeness (QED) is 0.850. The Balaban J connectivity index is 1.78. The fourth-order valence-electron chi connectivity index (χ4n) is 4.28. The van der Waals surface area contributed by atoms with Crippen molar-refractivity contribution < 1.29 is 9.53 Å². The molecule has 2 saturated carbocycles. The van der Waals surface area contributed by atoms with Gasteiger partial charge in [0.15, 0.2) is 0 Å². The zero-order valence-corrected chi connectivity index (χ0v) is 12.2. The van der Waals surface area contributed by atoms with Crippen molar-refractivity contribution in [3.05, 3.63) is 0 Å². The minimum atomic E-state index is -0.216. The van der Waals surface area contributed by atoms with Crippen LogP contribution in [-0.4, -0.2) is 41.8 Å². The molecule has 3 atom stereocenters. The first-order valence-corrected chi connectivity index (χ1v) is 7.83. The average molecular weight is 266 g/mol. The first-order chi connectivity index (χ1) is 9.20. The minimum Gasteiger partial charge on any atom is -0.381 e.